The van der Waals surface area contributed by atoms with E-state index in [0.717, 1.165) is 22.4 Å². The van der Waals surface area contributed by atoms with E-state index >= 15 is 0 Å². The largest absolute Gasteiger partial charge is 0.490 e. The van der Waals surface area contributed by atoms with E-state index in [4.69, 9.17) is 9.47 Å². The highest BCUT2D eigenvalue weighted by molar-refractivity contribution is 5.84. The molecule has 0 bridgehead atoms. The third-order valence-corrected chi connectivity index (χ3v) is 5.56. The average Bonchev–Trinajstić information content (AvgIpc) is 2.71. The second-order valence-corrected chi connectivity index (χ2v) is 7.76. The molecule has 1 heterocycles. The van der Waals surface area contributed by atoms with Crippen LogP contribution in [0, 0.1) is 13.8 Å². The summed E-state index contributed by atoms with van der Waals surface area (Å²) in [7, 11) is 0. The van der Waals surface area contributed by atoms with Gasteiger partial charge in [0.1, 0.15) is 19.0 Å². The minimum Gasteiger partial charge on any atom is -0.490 e. The van der Waals surface area contributed by atoms with Crippen molar-refractivity contribution in [2.24, 2.45) is 0 Å². The van der Waals surface area contributed by atoms with Crippen molar-refractivity contribution in [3.63, 3.8) is 0 Å². The Morgan fingerprint density at radius 3 is 2.17 bits per heavy atom. The molecule has 5 nitrogen and oxygen atoms in total. The molecule has 0 radical (unpaired) electrons. The van der Waals surface area contributed by atoms with Crippen molar-refractivity contribution in [3.05, 3.63) is 65.2 Å². The molecule has 1 fully saturated rings. The molecule has 5 heteroatoms. The van der Waals surface area contributed by atoms with Crippen LogP contribution in [-0.4, -0.2) is 43.1 Å². The van der Waals surface area contributed by atoms with Gasteiger partial charge in [0.25, 0.3) is 0 Å². The predicted octanol–water partition coefficient (Wildman–Crippen LogP) is 3.81. The second-order valence-electron chi connectivity index (χ2n) is 7.76. The number of amides is 1. The zero-order valence-corrected chi connectivity index (χ0v) is 17.4. The maximum atomic E-state index is 13.1. The Labute approximate surface area is 172 Å². The lowest BCUT2D eigenvalue weighted by Gasteiger charge is -2.40. The van der Waals surface area contributed by atoms with E-state index in [1.54, 1.807) is 11.8 Å². The average molecular weight is 395 g/mol. The van der Waals surface area contributed by atoms with Gasteiger partial charge in [0.05, 0.1) is 5.41 Å². The Bertz CT molecular complexity index is 834. The lowest BCUT2D eigenvalue weighted by atomic mass is 9.72. The zero-order valence-electron chi connectivity index (χ0n) is 17.4. The molecule has 0 aliphatic carbocycles. The van der Waals surface area contributed by atoms with Crippen LogP contribution in [0.15, 0.2) is 48.5 Å². The van der Waals surface area contributed by atoms with E-state index in [9.17, 15) is 9.59 Å². The summed E-state index contributed by atoms with van der Waals surface area (Å²) in [6, 6.07) is 15.8. The number of nitrogens with zero attached hydrogens (tertiary/aromatic N) is 1. The molecule has 2 aromatic rings. The van der Waals surface area contributed by atoms with E-state index in [0.29, 0.717) is 32.5 Å². The Kier molecular flexibility index (Phi) is 6.57. The van der Waals surface area contributed by atoms with Gasteiger partial charge >= 0.3 is 5.97 Å². The number of carbonyl (C=O) groups is 2. The van der Waals surface area contributed by atoms with Crippen LogP contribution in [0.3, 0.4) is 0 Å². The van der Waals surface area contributed by atoms with Crippen LogP contribution in [0.4, 0.5) is 0 Å². The normalized spacial score (nSPS) is 15.6. The van der Waals surface area contributed by atoms with Gasteiger partial charge in [0.2, 0.25) is 5.91 Å². The van der Waals surface area contributed by atoms with Crippen molar-refractivity contribution in [2.75, 3.05) is 26.3 Å². The first-order chi connectivity index (χ1) is 13.9. The molecule has 3 rings (SSSR count). The highest BCUT2D eigenvalue weighted by Gasteiger charge is 2.44. The molecule has 154 valence electrons. The minimum atomic E-state index is -0.715. The zero-order chi connectivity index (χ0) is 20.9. The van der Waals surface area contributed by atoms with Crippen LogP contribution in [-0.2, 0) is 19.7 Å². The van der Waals surface area contributed by atoms with Crippen LogP contribution in [0.25, 0.3) is 0 Å². The number of aryl methyl sites for hydroxylation is 2. The lowest BCUT2D eigenvalue weighted by Crippen LogP contribution is -2.49. The summed E-state index contributed by atoms with van der Waals surface area (Å²) in [5.41, 5.74) is 2.51. The molecule has 2 aromatic carbocycles. The molecule has 0 unspecified atom stereocenters. The fraction of sp³-hybridized carbons (Fsp3) is 0.417. The Balaban J connectivity index is 1.64. The number of esters is 1. The maximum Gasteiger partial charge on any atom is 0.316 e. The highest BCUT2D eigenvalue weighted by atomic mass is 16.6. The molecule has 0 saturated carbocycles. The van der Waals surface area contributed by atoms with Crippen molar-refractivity contribution in [1.29, 1.82) is 0 Å². The predicted molar refractivity (Wildman–Crippen MR) is 112 cm³/mol. The first-order valence-corrected chi connectivity index (χ1v) is 10.1. The van der Waals surface area contributed by atoms with E-state index < -0.39 is 5.41 Å². The van der Waals surface area contributed by atoms with Gasteiger partial charge in [-0.1, -0.05) is 36.4 Å². The summed E-state index contributed by atoms with van der Waals surface area (Å²) in [6.45, 7) is 7.22. The number of benzene rings is 2. The quantitative estimate of drug-likeness (QED) is 0.551. The standard InChI is InChI=1S/C24H29NO4/c1-18-15-19(2)17-22(16-18)28-13-14-29-23(27)24(21-7-5-4-6-8-21)9-11-25(12-10-24)20(3)26/h4-8,15-17H,9-14H2,1-3H3. The Morgan fingerprint density at radius 2 is 1.59 bits per heavy atom. The first kappa shape index (κ1) is 20.9. The van der Waals surface area contributed by atoms with Crippen LogP contribution in [0.1, 0.15) is 36.5 Å². The van der Waals surface area contributed by atoms with Gasteiger partial charge in [0, 0.05) is 20.0 Å². The fourth-order valence-electron chi connectivity index (χ4n) is 4.02. The number of hydrogen-bond donors (Lipinski definition) is 0. The van der Waals surface area contributed by atoms with E-state index in [1.807, 2.05) is 56.3 Å². The number of rotatable bonds is 6. The van der Waals surface area contributed by atoms with Gasteiger partial charge in [-0.2, -0.15) is 0 Å². The van der Waals surface area contributed by atoms with Gasteiger partial charge in [-0.25, -0.2) is 0 Å². The van der Waals surface area contributed by atoms with Crippen LogP contribution in [0.2, 0.25) is 0 Å². The number of ether oxygens (including phenoxy) is 2. The molecular weight excluding hydrogens is 366 g/mol. The minimum absolute atomic E-state index is 0.0434. The molecule has 0 spiro atoms. The van der Waals surface area contributed by atoms with E-state index in [-0.39, 0.29) is 18.5 Å². The molecule has 0 aromatic heterocycles. The van der Waals surface area contributed by atoms with Crippen molar-refractivity contribution in [1.82, 2.24) is 4.90 Å². The molecule has 0 N–H and O–H groups in total. The third-order valence-electron chi connectivity index (χ3n) is 5.56. The van der Waals surface area contributed by atoms with E-state index in [2.05, 4.69) is 6.07 Å². The summed E-state index contributed by atoms with van der Waals surface area (Å²) in [5.74, 6) is 0.587. The van der Waals surface area contributed by atoms with Crippen molar-refractivity contribution in [2.45, 2.75) is 39.0 Å². The lowest BCUT2D eigenvalue weighted by molar-refractivity contribution is -0.155. The SMILES string of the molecule is CC(=O)N1CCC(C(=O)OCCOc2cc(C)cc(C)c2)(c2ccccc2)CC1. The Morgan fingerprint density at radius 1 is 0.966 bits per heavy atom. The fourth-order valence-corrected chi connectivity index (χ4v) is 4.02. The summed E-state index contributed by atoms with van der Waals surface area (Å²) >= 11 is 0. The molecule has 1 saturated heterocycles. The van der Waals surface area contributed by atoms with Gasteiger partial charge in [-0.05, 0) is 55.5 Å². The summed E-state index contributed by atoms with van der Waals surface area (Å²) in [4.78, 5) is 26.6. The number of hydrogen-bond acceptors (Lipinski definition) is 4. The maximum absolute atomic E-state index is 13.1. The Hall–Kier alpha value is -2.82. The van der Waals surface area contributed by atoms with Crippen LogP contribution in [0.5, 0.6) is 5.75 Å². The summed E-state index contributed by atoms with van der Waals surface area (Å²) < 4.78 is 11.4. The highest BCUT2D eigenvalue weighted by Crippen LogP contribution is 2.37. The van der Waals surface area contributed by atoms with Crippen molar-refractivity contribution in [3.8, 4) is 5.75 Å². The van der Waals surface area contributed by atoms with Crippen LogP contribution >= 0.6 is 0 Å². The van der Waals surface area contributed by atoms with Crippen molar-refractivity contribution >= 4 is 11.9 Å². The monoisotopic (exact) mass is 395 g/mol. The first-order valence-electron chi connectivity index (χ1n) is 10.1. The van der Waals surface area contributed by atoms with Crippen LogP contribution < -0.4 is 4.74 Å². The van der Waals surface area contributed by atoms with Gasteiger partial charge in [-0.3, -0.25) is 9.59 Å². The molecule has 1 aliphatic rings. The molecule has 29 heavy (non-hydrogen) atoms. The molecular formula is C24H29NO4. The van der Waals surface area contributed by atoms with Crippen molar-refractivity contribution < 1.29 is 19.1 Å². The van der Waals surface area contributed by atoms with Gasteiger partial charge < -0.3 is 14.4 Å². The summed E-state index contributed by atoms with van der Waals surface area (Å²) in [6.07, 6.45) is 1.13. The molecule has 1 amide bonds. The van der Waals surface area contributed by atoms with E-state index in [1.165, 1.54) is 0 Å². The number of carbonyl (C=O) groups excluding carboxylic acids is 2. The smallest absolute Gasteiger partial charge is 0.316 e. The third kappa shape index (κ3) is 4.97. The topological polar surface area (TPSA) is 55.8 Å². The van der Waals surface area contributed by atoms with Gasteiger partial charge in [-0.15, -0.1) is 0 Å². The number of likely N-dealkylation sites (tertiary alicyclic amines) is 1. The number of piperidine rings is 1. The second kappa shape index (κ2) is 9.12. The van der Waals surface area contributed by atoms with Gasteiger partial charge in [0.15, 0.2) is 0 Å². The molecule has 0 atom stereocenters. The summed E-state index contributed by atoms with van der Waals surface area (Å²) in [5, 5.41) is 0. The molecule has 1 aliphatic heterocycles.